The standard InChI is InChI=1S/C16H24O4.C5H10O2/c1-2-4-15(5-3-1)14-19-11-10-18-12-13-20-16-6-8-17-9-7-16;6-5-1-3-7-4-2-5/h1-5,16H,6-14H2;5-6H,1-4H2. The van der Waals surface area contributed by atoms with Gasteiger partial charge in [-0.2, -0.15) is 0 Å². The van der Waals surface area contributed by atoms with Crippen LogP contribution in [-0.2, 0) is 30.3 Å². The molecule has 0 bridgehead atoms. The summed E-state index contributed by atoms with van der Waals surface area (Å²) in [5, 5.41) is 8.83. The fraction of sp³-hybridized carbons (Fsp3) is 0.714. The Kier molecular flexibility index (Phi) is 12.3. The van der Waals surface area contributed by atoms with Gasteiger partial charge < -0.3 is 28.8 Å². The van der Waals surface area contributed by atoms with Gasteiger partial charge in [0, 0.05) is 26.4 Å². The molecule has 0 aromatic heterocycles. The van der Waals surface area contributed by atoms with Crippen LogP contribution in [0.2, 0.25) is 0 Å². The number of hydrogen-bond donors (Lipinski definition) is 1. The molecule has 6 nitrogen and oxygen atoms in total. The Morgan fingerprint density at radius 2 is 1.37 bits per heavy atom. The molecule has 0 unspecified atom stereocenters. The third kappa shape index (κ3) is 11.4. The smallest absolute Gasteiger partial charge is 0.0718 e. The van der Waals surface area contributed by atoms with Crippen LogP contribution in [0.5, 0.6) is 0 Å². The molecule has 27 heavy (non-hydrogen) atoms. The third-order valence-corrected chi connectivity index (χ3v) is 4.42. The lowest BCUT2D eigenvalue weighted by Gasteiger charge is -2.22. The summed E-state index contributed by atoms with van der Waals surface area (Å²) in [4.78, 5) is 0. The van der Waals surface area contributed by atoms with Gasteiger partial charge in [-0.05, 0) is 31.2 Å². The molecule has 2 saturated heterocycles. The molecule has 6 heteroatoms. The third-order valence-electron chi connectivity index (χ3n) is 4.42. The zero-order valence-corrected chi connectivity index (χ0v) is 16.2. The van der Waals surface area contributed by atoms with Gasteiger partial charge in [0.05, 0.1) is 45.2 Å². The normalized spacial score (nSPS) is 18.7. The van der Waals surface area contributed by atoms with E-state index >= 15 is 0 Å². The minimum atomic E-state index is -0.0891. The Hall–Kier alpha value is -1.02. The lowest BCUT2D eigenvalue weighted by Crippen LogP contribution is -2.25. The molecule has 0 radical (unpaired) electrons. The fourth-order valence-corrected chi connectivity index (χ4v) is 2.79. The highest BCUT2D eigenvalue weighted by Gasteiger charge is 2.13. The van der Waals surface area contributed by atoms with E-state index in [1.807, 2.05) is 18.2 Å². The number of benzene rings is 1. The van der Waals surface area contributed by atoms with Gasteiger partial charge in [-0.25, -0.2) is 0 Å². The Bertz CT molecular complexity index is 443. The van der Waals surface area contributed by atoms with Gasteiger partial charge in [0.2, 0.25) is 0 Å². The van der Waals surface area contributed by atoms with Crippen molar-refractivity contribution in [1.29, 1.82) is 0 Å². The number of rotatable bonds is 9. The number of hydrogen-bond acceptors (Lipinski definition) is 6. The van der Waals surface area contributed by atoms with E-state index in [2.05, 4.69) is 12.1 Å². The largest absolute Gasteiger partial charge is 0.393 e. The molecule has 1 N–H and O–H groups in total. The Morgan fingerprint density at radius 1 is 0.778 bits per heavy atom. The molecular formula is C21H34O6. The van der Waals surface area contributed by atoms with E-state index in [1.54, 1.807) is 0 Å². The van der Waals surface area contributed by atoms with Crippen molar-refractivity contribution >= 4 is 0 Å². The summed E-state index contributed by atoms with van der Waals surface area (Å²) in [6, 6.07) is 10.2. The van der Waals surface area contributed by atoms with Crippen LogP contribution >= 0.6 is 0 Å². The number of aliphatic hydroxyl groups is 1. The van der Waals surface area contributed by atoms with Crippen molar-refractivity contribution < 1.29 is 28.8 Å². The highest BCUT2D eigenvalue weighted by atomic mass is 16.5. The second-order valence-electron chi connectivity index (χ2n) is 6.68. The summed E-state index contributed by atoms with van der Waals surface area (Å²) in [5.74, 6) is 0. The van der Waals surface area contributed by atoms with Crippen molar-refractivity contribution in [1.82, 2.24) is 0 Å². The summed E-state index contributed by atoms with van der Waals surface area (Å²) >= 11 is 0. The van der Waals surface area contributed by atoms with E-state index in [0.29, 0.717) is 39.1 Å². The second-order valence-corrected chi connectivity index (χ2v) is 6.68. The molecule has 2 aliphatic rings. The molecule has 0 amide bonds. The van der Waals surface area contributed by atoms with E-state index in [0.717, 1.165) is 52.1 Å². The van der Waals surface area contributed by atoms with Crippen LogP contribution in [0.25, 0.3) is 0 Å². The van der Waals surface area contributed by atoms with E-state index in [4.69, 9.17) is 28.8 Å². The maximum atomic E-state index is 8.83. The minimum absolute atomic E-state index is 0.0891. The zero-order valence-electron chi connectivity index (χ0n) is 16.2. The number of ether oxygens (including phenoxy) is 5. The fourth-order valence-electron chi connectivity index (χ4n) is 2.79. The SMILES string of the molecule is OC1CCOCC1.c1ccc(COCCOCCOC2CCOCC2)cc1. The first-order valence-corrected chi connectivity index (χ1v) is 9.99. The molecule has 2 heterocycles. The van der Waals surface area contributed by atoms with Crippen molar-refractivity contribution in [3.63, 3.8) is 0 Å². The van der Waals surface area contributed by atoms with Crippen LogP contribution in [-0.4, -0.2) is 70.2 Å². The Morgan fingerprint density at radius 3 is 2.00 bits per heavy atom. The molecule has 1 aromatic carbocycles. The average Bonchev–Trinajstić information content (AvgIpc) is 2.73. The van der Waals surface area contributed by atoms with Crippen molar-refractivity contribution in [3.05, 3.63) is 35.9 Å². The van der Waals surface area contributed by atoms with Crippen molar-refractivity contribution in [2.75, 3.05) is 52.9 Å². The predicted octanol–water partition coefficient (Wildman–Crippen LogP) is 2.57. The molecule has 1 aromatic rings. The highest BCUT2D eigenvalue weighted by Crippen LogP contribution is 2.10. The van der Waals surface area contributed by atoms with E-state index in [1.165, 1.54) is 5.56 Å². The minimum Gasteiger partial charge on any atom is -0.393 e. The predicted molar refractivity (Wildman–Crippen MR) is 103 cm³/mol. The van der Waals surface area contributed by atoms with Crippen molar-refractivity contribution in [3.8, 4) is 0 Å². The first-order valence-electron chi connectivity index (χ1n) is 9.99. The van der Waals surface area contributed by atoms with Crippen LogP contribution in [0, 0.1) is 0 Å². The van der Waals surface area contributed by atoms with E-state index in [9.17, 15) is 0 Å². The van der Waals surface area contributed by atoms with Gasteiger partial charge in [-0.1, -0.05) is 30.3 Å². The first kappa shape index (κ1) is 22.3. The molecule has 0 spiro atoms. The Balaban J connectivity index is 0.000000313. The molecule has 2 aliphatic heterocycles. The molecule has 2 fully saturated rings. The monoisotopic (exact) mass is 382 g/mol. The number of aliphatic hydroxyl groups excluding tert-OH is 1. The molecule has 0 aliphatic carbocycles. The van der Waals surface area contributed by atoms with Gasteiger partial charge >= 0.3 is 0 Å². The first-order chi connectivity index (χ1) is 13.3. The van der Waals surface area contributed by atoms with Gasteiger partial charge in [0.25, 0.3) is 0 Å². The maximum Gasteiger partial charge on any atom is 0.0718 e. The van der Waals surface area contributed by atoms with Gasteiger partial charge in [0.15, 0.2) is 0 Å². The van der Waals surface area contributed by atoms with Crippen LogP contribution in [0.4, 0.5) is 0 Å². The summed E-state index contributed by atoms with van der Waals surface area (Å²) in [7, 11) is 0. The highest BCUT2D eigenvalue weighted by molar-refractivity contribution is 5.13. The van der Waals surface area contributed by atoms with Crippen LogP contribution in [0.15, 0.2) is 30.3 Å². The lowest BCUT2D eigenvalue weighted by atomic mass is 10.2. The maximum absolute atomic E-state index is 8.83. The van der Waals surface area contributed by atoms with Crippen LogP contribution in [0.3, 0.4) is 0 Å². The quantitative estimate of drug-likeness (QED) is 0.662. The summed E-state index contributed by atoms with van der Waals surface area (Å²) in [6.07, 6.45) is 3.90. The van der Waals surface area contributed by atoms with E-state index in [-0.39, 0.29) is 6.10 Å². The molecule has 0 saturated carbocycles. The van der Waals surface area contributed by atoms with Gasteiger partial charge in [-0.3, -0.25) is 0 Å². The van der Waals surface area contributed by atoms with Crippen molar-refractivity contribution in [2.24, 2.45) is 0 Å². The molecule has 0 atom stereocenters. The summed E-state index contributed by atoms with van der Waals surface area (Å²) in [6.45, 7) is 6.27. The van der Waals surface area contributed by atoms with E-state index < -0.39 is 0 Å². The van der Waals surface area contributed by atoms with Crippen molar-refractivity contribution in [2.45, 2.75) is 44.5 Å². The molecular weight excluding hydrogens is 348 g/mol. The molecule has 3 rings (SSSR count). The van der Waals surface area contributed by atoms with Crippen LogP contribution < -0.4 is 0 Å². The second kappa shape index (κ2) is 15.0. The van der Waals surface area contributed by atoms with Crippen LogP contribution in [0.1, 0.15) is 31.2 Å². The van der Waals surface area contributed by atoms with Gasteiger partial charge in [-0.15, -0.1) is 0 Å². The topological polar surface area (TPSA) is 66.4 Å². The average molecular weight is 382 g/mol. The zero-order chi connectivity index (χ0) is 19.0. The summed E-state index contributed by atoms with van der Waals surface area (Å²) in [5.41, 5.74) is 1.19. The van der Waals surface area contributed by atoms with Gasteiger partial charge in [0.1, 0.15) is 0 Å². The Labute approximate surface area is 162 Å². The lowest BCUT2D eigenvalue weighted by molar-refractivity contribution is -0.0541. The molecule has 154 valence electrons. The summed E-state index contributed by atoms with van der Waals surface area (Å²) < 4.78 is 27.0.